The van der Waals surface area contributed by atoms with Crippen LogP contribution in [0.5, 0.6) is 5.75 Å². The lowest BCUT2D eigenvalue weighted by Crippen LogP contribution is -2.07. The number of hydrogen-bond acceptors (Lipinski definition) is 5. The first kappa shape index (κ1) is 16.5. The van der Waals surface area contributed by atoms with Crippen molar-refractivity contribution >= 4 is 11.0 Å². The minimum atomic E-state index is -0.498. The summed E-state index contributed by atoms with van der Waals surface area (Å²) < 4.78 is 22.5. The van der Waals surface area contributed by atoms with Gasteiger partial charge in [0.15, 0.2) is 5.76 Å². The van der Waals surface area contributed by atoms with Crippen molar-refractivity contribution in [1.29, 1.82) is 0 Å². The number of hydrogen-bond donors (Lipinski definition) is 0. The molecule has 0 amide bonds. The topological polar surface area (TPSA) is 53.7 Å². The molecule has 0 fully saturated rings. The zero-order chi connectivity index (χ0) is 16.9. The zero-order valence-electron chi connectivity index (χ0n) is 14.1. The van der Waals surface area contributed by atoms with Crippen LogP contribution in [0.15, 0.2) is 47.0 Å². The maximum atomic E-state index is 5.94. The summed E-state index contributed by atoms with van der Waals surface area (Å²) in [7, 11) is 1.65. The Morgan fingerprint density at radius 1 is 1.08 bits per heavy atom. The van der Waals surface area contributed by atoms with E-state index in [9.17, 15) is 0 Å². The zero-order valence-corrected chi connectivity index (χ0v) is 14.1. The van der Waals surface area contributed by atoms with Crippen molar-refractivity contribution in [3.8, 4) is 17.0 Å². The lowest BCUT2D eigenvalue weighted by molar-refractivity contribution is -0.150. The number of benzene rings is 1. The third kappa shape index (κ3) is 3.27. The Hall–Kier alpha value is -2.37. The Morgan fingerprint density at radius 3 is 2.54 bits per heavy atom. The lowest BCUT2D eigenvalue weighted by Gasteiger charge is -2.13. The minimum absolute atomic E-state index is 0.498. The van der Waals surface area contributed by atoms with Crippen LogP contribution in [-0.2, 0) is 9.47 Å². The van der Waals surface area contributed by atoms with Gasteiger partial charge >= 0.3 is 0 Å². The molecule has 3 rings (SSSR count). The van der Waals surface area contributed by atoms with Crippen molar-refractivity contribution in [2.45, 2.75) is 20.1 Å². The van der Waals surface area contributed by atoms with Crippen molar-refractivity contribution < 1.29 is 18.6 Å². The van der Waals surface area contributed by atoms with Crippen LogP contribution in [0.3, 0.4) is 0 Å². The highest BCUT2D eigenvalue weighted by Crippen LogP contribution is 2.32. The standard InChI is InChI=1S/C19H21NO4/c1-4-22-19(23-5-2)18-10-13-12-20-15(11-17(13)24-18)14-8-6-7-9-16(14)21-3/h6-12,19H,4-5H2,1-3H3. The molecule has 0 N–H and O–H groups in total. The smallest absolute Gasteiger partial charge is 0.217 e. The van der Waals surface area contributed by atoms with Crippen LogP contribution >= 0.6 is 0 Å². The van der Waals surface area contributed by atoms with Crippen LogP contribution in [0, 0.1) is 0 Å². The number of ether oxygens (including phenoxy) is 3. The molecule has 5 nitrogen and oxygen atoms in total. The van der Waals surface area contributed by atoms with E-state index in [1.54, 1.807) is 13.3 Å². The summed E-state index contributed by atoms with van der Waals surface area (Å²) in [6.45, 7) is 4.95. The fourth-order valence-corrected chi connectivity index (χ4v) is 2.59. The van der Waals surface area contributed by atoms with Crippen molar-refractivity contribution in [1.82, 2.24) is 4.98 Å². The van der Waals surface area contributed by atoms with Gasteiger partial charge in [0.2, 0.25) is 6.29 Å². The number of furan rings is 1. The highest BCUT2D eigenvalue weighted by Gasteiger charge is 2.18. The molecule has 1 aromatic carbocycles. The van der Waals surface area contributed by atoms with Crippen LogP contribution in [0.25, 0.3) is 22.2 Å². The second kappa shape index (κ2) is 7.47. The van der Waals surface area contributed by atoms with Gasteiger partial charge in [0.1, 0.15) is 11.3 Å². The third-order valence-electron chi connectivity index (χ3n) is 3.67. The van der Waals surface area contributed by atoms with Gasteiger partial charge in [0.05, 0.1) is 12.8 Å². The summed E-state index contributed by atoms with van der Waals surface area (Å²) in [5, 5.41) is 0.910. The number of pyridine rings is 1. The third-order valence-corrected chi connectivity index (χ3v) is 3.67. The van der Waals surface area contributed by atoms with Gasteiger partial charge < -0.3 is 18.6 Å². The minimum Gasteiger partial charge on any atom is -0.496 e. The molecule has 0 unspecified atom stereocenters. The Balaban J connectivity index is 1.99. The number of para-hydroxylation sites is 1. The molecule has 126 valence electrons. The Morgan fingerprint density at radius 2 is 1.83 bits per heavy atom. The molecule has 0 saturated carbocycles. The van der Waals surface area contributed by atoms with Gasteiger partial charge in [-0.05, 0) is 32.0 Å². The largest absolute Gasteiger partial charge is 0.496 e. The molecule has 0 bridgehead atoms. The molecule has 0 radical (unpaired) electrons. The van der Waals surface area contributed by atoms with Crippen molar-refractivity contribution in [3.63, 3.8) is 0 Å². The van der Waals surface area contributed by atoms with Crippen molar-refractivity contribution in [2.24, 2.45) is 0 Å². The molecule has 0 aliphatic carbocycles. The molecule has 0 aliphatic heterocycles. The van der Waals surface area contributed by atoms with Gasteiger partial charge in [-0.2, -0.15) is 0 Å². The number of aromatic nitrogens is 1. The molecule has 5 heteroatoms. The summed E-state index contributed by atoms with van der Waals surface area (Å²) >= 11 is 0. The maximum Gasteiger partial charge on any atom is 0.217 e. The summed E-state index contributed by atoms with van der Waals surface area (Å²) in [5.74, 6) is 1.42. The predicted octanol–water partition coefficient (Wildman–Crippen LogP) is 4.58. The van der Waals surface area contributed by atoms with E-state index in [1.165, 1.54) is 0 Å². The number of fused-ring (bicyclic) bond motifs is 1. The van der Waals surface area contributed by atoms with Crippen LogP contribution in [0.1, 0.15) is 25.9 Å². The highest BCUT2D eigenvalue weighted by atomic mass is 16.7. The van der Waals surface area contributed by atoms with Crippen LogP contribution in [0.4, 0.5) is 0 Å². The molecule has 24 heavy (non-hydrogen) atoms. The van der Waals surface area contributed by atoms with Gasteiger partial charge in [-0.1, -0.05) is 12.1 Å². The second-order valence-electron chi connectivity index (χ2n) is 5.20. The van der Waals surface area contributed by atoms with Crippen molar-refractivity contribution in [2.75, 3.05) is 20.3 Å². The molecule has 0 aliphatic rings. The molecule has 0 saturated heterocycles. The number of nitrogens with zero attached hydrogens (tertiary/aromatic N) is 1. The normalized spacial score (nSPS) is 11.3. The van der Waals surface area contributed by atoms with E-state index in [4.69, 9.17) is 18.6 Å². The summed E-state index contributed by atoms with van der Waals surface area (Å²) in [4.78, 5) is 4.53. The molecule has 2 aromatic heterocycles. The summed E-state index contributed by atoms with van der Waals surface area (Å²) in [5.41, 5.74) is 2.46. The van der Waals surface area contributed by atoms with Gasteiger partial charge in [0.25, 0.3) is 0 Å². The van der Waals surface area contributed by atoms with E-state index in [-0.39, 0.29) is 0 Å². The highest BCUT2D eigenvalue weighted by molar-refractivity contribution is 5.82. The van der Waals surface area contributed by atoms with E-state index in [2.05, 4.69) is 4.98 Å². The average Bonchev–Trinajstić information content (AvgIpc) is 3.04. The summed E-state index contributed by atoms with van der Waals surface area (Å²) in [6, 6.07) is 11.6. The molecule has 0 atom stereocenters. The predicted molar refractivity (Wildman–Crippen MR) is 92.0 cm³/mol. The first-order valence-corrected chi connectivity index (χ1v) is 8.02. The van der Waals surface area contributed by atoms with Gasteiger partial charge in [0, 0.05) is 36.4 Å². The number of rotatable bonds is 7. The Bertz CT molecular complexity index is 806. The molecular weight excluding hydrogens is 306 g/mol. The monoisotopic (exact) mass is 327 g/mol. The number of methoxy groups -OCH3 is 1. The second-order valence-corrected chi connectivity index (χ2v) is 5.20. The van der Waals surface area contributed by atoms with E-state index < -0.39 is 6.29 Å². The molecule has 0 spiro atoms. The average molecular weight is 327 g/mol. The maximum absolute atomic E-state index is 5.94. The Kier molecular flexibility index (Phi) is 5.13. The molecular formula is C19H21NO4. The van der Waals surface area contributed by atoms with Crippen LogP contribution in [-0.4, -0.2) is 25.3 Å². The van der Waals surface area contributed by atoms with E-state index in [0.717, 1.165) is 28.0 Å². The summed E-state index contributed by atoms with van der Waals surface area (Å²) in [6.07, 6.45) is 1.29. The first-order chi connectivity index (χ1) is 11.8. The SMILES string of the molecule is CCOC(OCC)c1cc2cnc(-c3ccccc3OC)cc2o1. The van der Waals surface area contributed by atoms with E-state index >= 15 is 0 Å². The Labute approximate surface area is 141 Å². The quantitative estimate of drug-likeness (QED) is 0.595. The molecule has 3 aromatic rings. The van der Waals surface area contributed by atoms with Crippen LogP contribution in [0.2, 0.25) is 0 Å². The first-order valence-electron chi connectivity index (χ1n) is 8.02. The lowest BCUT2D eigenvalue weighted by atomic mass is 10.1. The fourth-order valence-electron chi connectivity index (χ4n) is 2.59. The van der Waals surface area contributed by atoms with Crippen molar-refractivity contribution in [3.05, 3.63) is 48.4 Å². The fraction of sp³-hybridized carbons (Fsp3) is 0.316. The molecule has 2 heterocycles. The van der Waals surface area contributed by atoms with Gasteiger partial charge in [-0.15, -0.1) is 0 Å². The van der Waals surface area contributed by atoms with Crippen LogP contribution < -0.4 is 4.74 Å². The van der Waals surface area contributed by atoms with E-state index in [1.807, 2.05) is 50.2 Å². The van der Waals surface area contributed by atoms with E-state index in [0.29, 0.717) is 19.0 Å². The van der Waals surface area contributed by atoms with Gasteiger partial charge in [-0.3, -0.25) is 4.98 Å². The van der Waals surface area contributed by atoms with Gasteiger partial charge in [-0.25, -0.2) is 0 Å².